The minimum Gasteiger partial charge on any atom is -0.316 e. The molecule has 5 N–H and O–H groups in total. The third-order valence-corrected chi connectivity index (χ3v) is 5.74. The molecule has 2 saturated heterocycles. The summed E-state index contributed by atoms with van der Waals surface area (Å²) in [6.45, 7) is 32.8. The van der Waals surface area contributed by atoms with E-state index >= 15 is 0 Å². The maximum Gasteiger partial charge on any atom is 0.0839 e. The van der Waals surface area contributed by atoms with Crippen molar-refractivity contribution in [2.24, 2.45) is 4.99 Å². The molecular weight excluding hydrogens is 549 g/mol. The van der Waals surface area contributed by atoms with Crippen molar-refractivity contribution in [3.8, 4) is 0 Å². The molecule has 4 aliphatic rings. The third-order valence-electron chi connectivity index (χ3n) is 2.56. The van der Waals surface area contributed by atoms with Crippen molar-refractivity contribution in [2.45, 2.75) is 85.1 Å². The zero-order valence-corrected chi connectivity index (χ0v) is 25.9. The molecular formula is C28H66N6S4. The van der Waals surface area contributed by atoms with E-state index < -0.39 is 0 Å². The van der Waals surface area contributed by atoms with Crippen LogP contribution in [-0.2, 0) is 0 Å². The molecule has 0 spiro atoms. The number of hydrazine groups is 2. The first-order valence-electron chi connectivity index (χ1n) is 11.7. The highest BCUT2D eigenvalue weighted by molar-refractivity contribution is 8.12. The average Bonchev–Trinajstić information content (AvgIpc) is 3.60. The second-order valence-electron chi connectivity index (χ2n) is 4.80. The van der Waals surface area contributed by atoms with Crippen molar-refractivity contribution in [1.29, 1.82) is 0 Å². The van der Waals surface area contributed by atoms with E-state index in [-0.39, 0.29) is 29.7 Å². The number of aliphatic imine (C=N–C) groups is 1. The van der Waals surface area contributed by atoms with Gasteiger partial charge in [-0.1, -0.05) is 123 Å². The molecule has 0 unspecified atom stereocenters. The highest BCUT2D eigenvalue weighted by Gasteiger charge is 2.00. The standard InChI is InChI=1S/C4H8N2S.C4H6N2S.C4H5NS.C4H7NS.4C2H6.4CH4/c2*1-4-6-5-2-3-7-4;1-4-2-6-3-5-4;1-4-2-5-3-6-4;4*1-2;;;;/h5-6H,1-3H2;2-3,5-6H,1H2;3H,1-2H2;5H,1-3H2;4*1-2H3;4*1H4. The van der Waals surface area contributed by atoms with E-state index in [0.717, 1.165) is 46.2 Å². The maximum atomic E-state index is 3.88. The van der Waals surface area contributed by atoms with Gasteiger partial charge in [0, 0.05) is 42.4 Å². The number of thioether (sulfide) groups is 4. The molecule has 0 amide bonds. The average molecular weight is 615 g/mol. The van der Waals surface area contributed by atoms with Gasteiger partial charge in [-0.3, -0.25) is 10.4 Å². The van der Waals surface area contributed by atoms with E-state index in [9.17, 15) is 0 Å². The lowest BCUT2D eigenvalue weighted by atomic mass is 10.6. The molecule has 0 aromatic heterocycles. The van der Waals surface area contributed by atoms with Gasteiger partial charge in [0.25, 0.3) is 0 Å². The number of nitrogens with one attached hydrogen (secondary N) is 5. The van der Waals surface area contributed by atoms with E-state index in [1.165, 1.54) is 4.91 Å². The first-order valence-corrected chi connectivity index (χ1v) is 15.6. The fraction of sp³-hybridized carbons (Fsp3) is 0.607. The van der Waals surface area contributed by atoms with Crippen LogP contribution in [-0.4, -0.2) is 36.0 Å². The molecule has 0 saturated carbocycles. The lowest BCUT2D eigenvalue weighted by molar-refractivity contribution is 0.641. The Labute approximate surface area is 257 Å². The van der Waals surface area contributed by atoms with Crippen molar-refractivity contribution in [3.05, 3.63) is 58.6 Å². The first-order chi connectivity index (χ1) is 16.6. The Bertz CT molecular complexity index is 537. The predicted molar refractivity (Wildman–Crippen MR) is 197 cm³/mol. The topological polar surface area (TPSA) is 72.5 Å². The summed E-state index contributed by atoms with van der Waals surface area (Å²) < 4.78 is 0. The van der Waals surface area contributed by atoms with Gasteiger partial charge in [-0.15, -0.1) is 35.3 Å². The van der Waals surface area contributed by atoms with Gasteiger partial charge in [-0.2, -0.15) is 0 Å². The largest absolute Gasteiger partial charge is 0.316 e. The molecule has 0 aromatic rings. The first kappa shape index (κ1) is 57.1. The minimum absolute atomic E-state index is 0. The fourth-order valence-corrected chi connectivity index (χ4v) is 3.59. The van der Waals surface area contributed by atoms with Gasteiger partial charge in [0.15, 0.2) is 0 Å². The molecule has 0 bridgehead atoms. The van der Waals surface area contributed by atoms with Gasteiger partial charge in [-0.05, 0) is 10.3 Å². The Morgan fingerprint density at radius 2 is 1.37 bits per heavy atom. The summed E-state index contributed by atoms with van der Waals surface area (Å²) in [6.07, 6.45) is 1.82. The van der Waals surface area contributed by atoms with Crippen LogP contribution in [0.15, 0.2) is 63.6 Å². The summed E-state index contributed by atoms with van der Waals surface area (Å²) in [5.74, 6) is 3.17. The highest BCUT2D eigenvalue weighted by Crippen LogP contribution is 2.15. The molecule has 4 rings (SSSR count). The van der Waals surface area contributed by atoms with Crippen LogP contribution in [0.4, 0.5) is 0 Å². The summed E-state index contributed by atoms with van der Waals surface area (Å²) >= 11 is 6.80. The molecule has 0 aromatic carbocycles. The summed E-state index contributed by atoms with van der Waals surface area (Å²) in [5, 5.41) is 7.02. The van der Waals surface area contributed by atoms with E-state index in [0.29, 0.717) is 0 Å². The van der Waals surface area contributed by atoms with Crippen LogP contribution >= 0.6 is 47.0 Å². The lowest BCUT2D eigenvalue weighted by Gasteiger charge is -2.14. The van der Waals surface area contributed by atoms with E-state index in [2.05, 4.69) is 58.3 Å². The second kappa shape index (κ2) is 52.5. The predicted octanol–water partition coefficient (Wildman–Crippen LogP) is 9.79. The van der Waals surface area contributed by atoms with Crippen LogP contribution in [0.5, 0.6) is 0 Å². The van der Waals surface area contributed by atoms with Gasteiger partial charge < -0.3 is 16.2 Å². The van der Waals surface area contributed by atoms with E-state index in [4.69, 9.17) is 0 Å². The van der Waals surface area contributed by atoms with Crippen molar-refractivity contribution in [2.75, 3.05) is 30.5 Å². The Balaban J connectivity index is -0.0000000469. The monoisotopic (exact) mass is 614 g/mol. The molecule has 0 aliphatic carbocycles. The smallest absolute Gasteiger partial charge is 0.0839 e. The number of hydrogen-bond acceptors (Lipinski definition) is 10. The highest BCUT2D eigenvalue weighted by atomic mass is 32.2. The summed E-state index contributed by atoms with van der Waals surface area (Å²) in [6, 6.07) is 0. The van der Waals surface area contributed by atoms with Gasteiger partial charge in [0.05, 0.1) is 15.6 Å². The van der Waals surface area contributed by atoms with Crippen LogP contribution in [0.3, 0.4) is 0 Å². The summed E-state index contributed by atoms with van der Waals surface area (Å²) in [4.78, 5) is 5.14. The normalized spacial score (nSPS) is 14.5. The number of rotatable bonds is 0. The summed E-state index contributed by atoms with van der Waals surface area (Å²) in [5.41, 5.74) is 14.3. The van der Waals surface area contributed by atoms with Crippen LogP contribution in [0, 0.1) is 0 Å². The molecule has 6 nitrogen and oxygen atoms in total. The molecule has 0 radical (unpaired) electrons. The molecule has 4 heterocycles. The van der Waals surface area contributed by atoms with E-state index in [1.807, 2.05) is 72.5 Å². The quantitative estimate of drug-likeness (QED) is 0.183. The van der Waals surface area contributed by atoms with Crippen molar-refractivity contribution < 1.29 is 0 Å². The SMILES string of the molecule is C.C.C.C.C=C1CNCS1.C=C1CSC=N1.C=C1NNC=CS1.C=C1NNCCS1.CC.CC.CC.CC. The van der Waals surface area contributed by atoms with Crippen molar-refractivity contribution in [3.63, 3.8) is 0 Å². The third kappa shape index (κ3) is 48.2. The molecule has 232 valence electrons. The second-order valence-corrected chi connectivity index (χ2v) is 8.98. The van der Waals surface area contributed by atoms with Gasteiger partial charge in [-0.25, -0.2) is 5.43 Å². The molecule has 0 atom stereocenters. The van der Waals surface area contributed by atoms with Gasteiger partial charge in [0.2, 0.25) is 0 Å². The molecule has 4 aliphatic heterocycles. The Hall–Kier alpha value is -0.910. The minimum atomic E-state index is 0. The van der Waals surface area contributed by atoms with Crippen molar-refractivity contribution in [1.82, 2.24) is 27.0 Å². The molecule has 38 heavy (non-hydrogen) atoms. The fourth-order valence-electron chi connectivity index (χ4n) is 1.40. The van der Waals surface area contributed by atoms with Gasteiger partial charge >= 0.3 is 0 Å². The molecule has 2 fully saturated rings. The van der Waals surface area contributed by atoms with Crippen LogP contribution in [0.25, 0.3) is 0 Å². The van der Waals surface area contributed by atoms with Crippen LogP contribution in [0.2, 0.25) is 0 Å². The Morgan fingerprint density at radius 3 is 1.53 bits per heavy atom. The van der Waals surface area contributed by atoms with Crippen molar-refractivity contribution >= 4 is 52.6 Å². The zero-order chi connectivity index (χ0) is 27.0. The number of hydrogen-bond donors (Lipinski definition) is 5. The van der Waals surface area contributed by atoms with E-state index in [1.54, 1.807) is 47.0 Å². The summed E-state index contributed by atoms with van der Waals surface area (Å²) in [7, 11) is 0. The van der Waals surface area contributed by atoms with Crippen LogP contribution < -0.4 is 27.0 Å². The maximum absolute atomic E-state index is 3.88. The number of nitrogens with zero attached hydrogens (tertiary/aromatic N) is 1. The Morgan fingerprint density at radius 1 is 0.789 bits per heavy atom. The lowest BCUT2D eigenvalue weighted by Crippen LogP contribution is -2.35. The zero-order valence-electron chi connectivity index (χ0n) is 22.7. The Kier molecular flexibility index (Phi) is 78.9. The molecule has 10 heteroatoms. The van der Waals surface area contributed by atoms with Crippen LogP contribution in [0.1, 0.15) is 85.1 Å². The van der Waals surface area contributed by atoms with Gasteiger partial charge in [0.1, 0.15) is 0 Å².